The minimum absolute atomic E-state index is 0.171. The third-order valence-corrected chi connectivity index (χ3v) is 3.11. The molecule has 14 heavy (non-hydrogen) atoms. The number of alkyl halides is 1. The zero-order valence-electron chi connectivity index (χ0n) is 8.93. The number of aromatic nitrogens is 1. The highest BCUT2D eigenvalue weighted by Gasteiger charge is 2.16. The Morgan fingerprint density at radius 3 is 2.71 bits per heavy atom. The van der Waals surface area contributed by atoms with Crippen LogP contribution in [0.5, 0.6) is 0 Å². The van der Waals surface area contributed by atoms with Crippen molar-refractivity contribution in [1.29, 1.82) is 0 Å². The summed E-state index contributed by atoms with van der Waals surface area (Å²) in [5.74, 6) is 0. The predicted molar refractivity (Wildman–Crippen MR) is 66.3 cm³/mol. The first-order valence-electron chi connectivity index (χ1n) is 4.75. The van der Waals surface area contributed by atoms with Gasteiger partial charge in [-0.1, -0.05) is 36.7 Å². The maximum atomic E-state index is 4.59. The van der Waals surface area contributed by atoms with Crippen molar-refractivity contribution >= 4 is 27.3 Å². The van der Waals surface area contributed by atoms with Crippen LogP contribution >= 0.6 is 27.3 Å². The van der Waals surface area contributed by atoms with Gasteiger partial charge in [0, 0.05) is 29.2 Å². The van der Waals surface area contributed by atoms with Crippen molar-refractivity contribution in [2.24, 2.45) is 0 Å². The van der Waals surface area contributed by atoms with E-state index in [2.05, 4.69) is 52.4 Å². The Labute approximate surface area is 98.3 Å². The van der Waals surface area contributed by atoms with Crippen LogP contribution in [0.3, 0.4) is 0 Å². The highest BCUT2D eigenvalue weighted by Crippen LogP contribution is 2.23. The largest absolute Gasteiger partial charge is 0.310 e. The van der Waals surface area contributed by atoms with Crippen molar-refractivity contribution in [2.75, 3.05) is 11.9 Å². The van der Waals surface area contributed by atoms with E-state index in [4.69, 9.17) is 0 Å². The van der Waals surface area contributed by atoms with Crippen molar-refractivity contribution in [3.63, 3.8) is 0 Å². The summed E-state index contributed by atoms with van der Waals surface area (Å²) in [4.78, 5) is 4.59. The summed E-state index contributed by atoms with van der Waals surface area (Å²) in [6, 6.07) is 0. The Bertz CT molecular complexity index is 278. The summed E-state index contributed by atoms with van der Waals surface area (Å²) in [5.41, 5.74) is 1.36. The lowest BCUT2D eigenvalue weighted by Gasteiger charge is -2.14. The highest BCUT2D eigenvalue weighted by atomic mass is 79.9. The second-order valence-electron chi connectivity index (χ2n) is 4.24. The molecule has 0 fully saturated rings. The van der Waals surface area contributed by atoms with Crippen molar-refractivity contribution in [3.05, 3.63) is 16.1 Å². The summed E-state index contributed by atoms with van der Waals surface area (Å²) in [6.07, 6.45) is 0. The summed E-state index contributed by atoms with van der Waals surface area (Å²) < 4.78 is 0. The Morgan fingerprint density at radius 1 is 1.50 bits per heavy atom. The van der Waals surface area contributed by atoms with E-state index in [0.717, 1.165) is 18.4 Å². The van der Waals surface area contributed by atoms with Gasteiger partial charge in [0.2, 0.25) is 0 Å². The van der Waals surface area contributed by atoms with Crippen molar-refractivity contribution < 1.29 is 0 Å². The molecule has 0 radical (unpaired) electrons. The van der Waals surface area contributed by atoms with E-state index < -0.39 is 0 Å². The van der Waals surface area contributed by atoms with Gasteiger partial charge in [-0.25, -0.2) is 4.98 Å². The maximum absolute atomic E-state index is 4.59. The van der Waals surface area contributed by atoms with E-state index in [0.29, 0.717) is 0 Å². The quantitative estimate of drug-likeness (QED) is 0.676. The molecule has 4 heteroatoms. The molecule has 0 saturated heterocycles. The summed E-state index contributed by atoms with van der Waals surface area (Å²) in [5, 5.41) is 7.64. The van der Waals surface area contributed by atoms with E-state index in [-0.39, 0.29) is 5.41 Å². The molecule has 1 heterocycles. The van der Waals surface area contributed by atoms with Crippen LogP contribution in [0.4, 0.5) is 0 Å². The third-order valence-electron chi connectivity index (χ3n) is 1.87. The maximum Gasteiger partial charge on any atom is 0.107 e. The molecular weight excluding hydrogens is 260 g/mol. The van der Waals surface area contributed by atoms with Gasteiger partial charge in [0.05, 0.1) is 5.69 Å². The first-order chi connectivity index (χ1) is 6.54. The molecule has 1 rings (SSSR count). The minimum Gasteiger partial charge on any atom is -0.310 e. The summed E-state index contributed by atoms with van der Waals surface area (Å²) >= 11 is 5.12. The molecule has 0 spiro atoms. The highest BCUT2D eigenvalue weighted by molar-refractivity contribution is 9.09. The van der Waals surface area contributed by atoms with E-state index in [1.807, 2.05) is 0 Å². The fourth-order valence-corrected chi connectivity index (χ4v) is 2.27. The lowest BCUT2D eigenvalue weighted by molar-refractivity contribution is 0.569. The summed E-state index contributed by atoms with van der Waals surface area (Å²) in [6.45, 7) is 8.45. The molecule has 0 aliphatic rings. The first-order valence-corrected chi connectivity index (χ1v) is 6.75. The van der Waals surface area contributed by atoms with E-state index >= 15 is 0 Å². The minimum atomic E-state index is 0.171. The van der Waals surface area contributed by atoms with E-state index in [1.165, 1.54) is 10.7 Å². The molecule has 0 bridgehead atoms. The van der Waals surface area contributed by atoms with Gasteiger partial charge in [0.15, 0.2) is 0 Å². The van der Waals surface area contributed by atoms with Gasteiger partial charge in [-0.2, -0.15) is 0 Å². The molecule has 1 aromatic rings. The van der Waals surface area contributed by atoms with Crippen molar-refractivity contribution in [1.82, 2.24) is 10.3 Å². The molecule has 0 aromatic carbocycles. The standard InChI is InChI=1S/C10H17BrN2S/c1-10(2,3)8-7-14-9(13-8)6-12-5-4-11/h7,12H,4-6H2,1-3H3. The van der Waals surface area contributed by atoms with Crippen LogP contribution in [-0.4, -0.2) is 16.9 Å². The molecule has 1 N–H and O–H groups in total. The van der Waals surface area contributed by atoms with Gasteiger partial charge in [0.25, 0.3) is 0 Å². The number of nitrogens with one attached hydrogen (secondary N) is 1. The zero-order chi connectivity index (χ0) is 10.6. The van der Waals surface area contributed by atoms with Gasteiger partial charge in [-0.15, -0.1) is 11.3 Å². The number of hydrogen-bond donors (Lipinski definition) is 1. The Morgan fingerprint density at radius 2 is 2.21 bits per heavy atom. The SMILES string of the molecule is CC(C)(C)c1csc(CNCCBr)n1. The fourth-order valence-electron chi connectivity index (χ4n) is 0.999. The summed E-state index contributed by atoms with van der Waals surface area (Å²) in [7, 11) is 0. The molecule has 0 atom stereocenters. The van der Waals surface area contributed by atoms with Gasteiger partial charge < -0.3 is 5.32 Å². The normalized spacial score (nSPS) is 12.0. The first kappa shape index (κ1) is 12.1. The second kappa shape index (κ2) is 5.24. The van der Waals surface area contributed by atoms with Crippen LogP contribution in [0.25, 0.3) is 0 Å². The number of thiazole rings is 1. The molecule has 0 unspecified atom stereocenters. The van der Waals surface area contributed by atoms with Gasteiger partial charge in [-0.05, 0) is 0 Å². The molecule has 1 aromatic heterocycles. The van der Waals surface area contributed by atoms with Crippen molar-refractivity contribution in [3.8, 4) is 0 Å². The lowest BCUT2D eigenvalue weighted by atomic mass is 9.93. The van der Waals surface area contributed by atoms with E-state index in [9.17, 15) is 0 Å². The van der Waals surface area contributed by atoms with Crippen LogP contribution < -0.4 is 5.32 Å². The van der Waals surface area contributed by atoms with Crippen LogP contribution in [0.1, 0.15) is 31.5 Å². The second-order valence-corrected chi connectivity index (χ2v) is 5.98. The third kappa shape index (κ3) is 3.67. The van der Waals surface area contributed by atoms with Gasteiger partial charge in [0.1, 0.15) is 5.01 Å². The predicted octanol–water partition coefficient (Wildman–Crippen LogP) is 2.93. The zero-order valence-corrected chi connectivity index (χ0v) is 11.3. The van der Waals surface area contributed by atoms with Crippen LogP contribution in [0, 0.1) is 0 Å². The Kier molecular flexibility index (Phi) is 4.54. The van der Waals surface area contributed by atoms with Gasteiger partial charge >= 0.3 is 0 Å². The lowest BCUT2D eigenvalue weighted by Crippen LogP contribution is -2.16. The molecule has 80 valence electrons. The monoisotopic (exact) mass is 276 g/mol. The fraction of sp³-hybridized carbons (Fsp3) is 0.700. The molecule has 0 aliphatic heterocycles. The van der Waals surface area contributed by atoms with E-state index in [1.54, 1.807) is 11.3 Å². The molecular formula is C10H17BrN2S. The Hall–Kier alpha value is 0.0700. The Balaban J connectivity index is 2.51. The van der Waals surface area contributed by atoms with Crippen LogP contribution in [0.2, 0.25) is 0 Å². The molecule has 2 nitrogen and oxygen atoms in total. The van der Waals surface area contributed by atoms with Crippen molar-refractivity contribution in [2.45, 2.75) is 32.7 Å². The smallest absolute Gasteiger partial charge is 0.107 e. The molecule has 0 amide bonds. The van der Waals surface area contributed by atoms with Crippen LogP contribution in [-0.2, 0) is 12.0 Å². The van der Waals surface area contributed by atoms with Crippen LogP contribution in [0.15, 0.2) is 5.38 Å². The number of hydrogen-bond acceptors (Lipinski definition) is 3. The number of nitrogens with zero attached hydrogens (tertiary/aromatic N) is 1. The number of rotatable bonds is 4. The topological polar surface area (TPSA) is 24.9 Å². The average molecular weight is 277 g/mol. The molecule has 0 aliphatic carbocycles. The average Bonchev–Trinajstić information content (AvgIpc) is 2.52. The van der Waals surface area contributed by atoms with Gasteiger partial charge in [-0.3, -0.25) is 0 Å². The number of halogens is 1. The molecule has 0 saturated carbocycles.